The van der Waals surface area contributed by atoms with E-state index in [9.17, 15) is 4.79 Å². The average molecular weight is 346 g/mol. The van der Waals surface area contributed by atoms with Gasteiger partial charge in [-0.05, 0) is 43.5 Å². The average Bonchev–Trinajstić information content (AvgIpc) is 2.69. The highest BCUT2D eigenvalue weighted by Crippen LogP contribution is 2.24. The first kappa shape index (κ1) is 16.5. The minimum atomic E-state index is -0.0448. The number of carbonyl (C=O) groups is 1. The second-order valence-electron chi connectivity index (χ2n) is 6.81. The normalized spacial score (nSPS) is 17.3. The monoisotopic (exact) mass is 346 g/mol. The van der Waals surface area contributed by atoms with Gasteiger partial charge in [0.15, 0.2) is 0 Å². The number of fused-ring (bicyclic) bond motifs is 1. The van der Waals surface area contributed by atoms with Gasteiger partial charge in [0, 0.05) is 18.8 Å². The molecule has 1 aromatic heterocycles. The fraction of sp³-hybridized carbons (Fsp3) is 0.286. The lowest BCUT2D eigenvalue weighted by atomic mass is 9.97. The second kappa shape index (κ2) is 7.12. The van der Waals surface area contributed by atoms with Crippen molar-refractivity contribution >= 4 is 28.4 Å². The first-order chi connectivity index (χ1) is 12.7. The van der Waals surface area contributed by atoms with E-state index in [1.807, 2.05) is 61.7 Å². The molecule has 5 heteroatoms. The molecule has 26 heavy (non-hydrogen) atoms. The van der Waals surface area contributed by atoms with Gasteiger partial charge in [-0.3, -0.25) is 9.78 Å². The molecule has 3 aromatic rings. The summed E-state index contributed by atoms with van der Waals surface area (Å²) in [5, 5.41) is 3.08. The summed E-state index contributed by atoms with van der Waals surface area (Å²) in [5.74, 6) is 0.881. The molecule has 0 aliphatic carbocycles. The Kier molecular flexibility index (Phi) is 4.52. The van der Waals surface area contributed by atoms with Crippen molar-refractivity contribution < 1.29 is 4.79 Å². The van der Waals surface area contributed by atoms with Crippen molar-refractivity contribution in [1.29, 1.82) is 0 Å². The van der Waals surface area contributed by atoms with Gasteiger partial charge in [-0.1, -0.05) is 30.3 Å². The van der Waals surface area contributed by atoms with Crippen LogP contribution in [0.4, 0.5) is 11.5 Å². The van der Waals surface area contributed by atoms with E-state index < -0.39 is 0 Å². The maximum atomic E-state index is 12.7. The van der Waals surface area contributed by atoms with Crippen LogP contribution in [0.15, 0.2) is 54.7 Å². The van der Waals surface area contributed by atoms with Gasteiger partial charge >= 0.3 is 0 Å². The van der Waals surface area contributed by atoms with Crippen molar-refractivity contribution in [2.45, 2.75) is 19.8 Å². The predicted octanol–water partition coefficient (Wildman–Crippen LogP) is 3.79. The van der Waals surface area contributed by atoms with Gasteiger partial charge in [-0.15, -0.1) is 0 Å². The van der Waals surface area contributed by atoms with Gasteiger partial charge in [-0.2, -0.15) is 0 Å². The number of nitrogens with zero attached hydrogens (tertiary/aromatic N) is 3. The quantitative estimate of drug-likeness (QED) is 0.784. The number of aromatic nitrogens is 2. The van der Waals surface area contributed by atoms with Crippen LogP contribution in [0.2, 0.25) is 0 Å². The summed E-state index contributed by atoms with van der Waals surface area (Å²) in [6.45, 7) is 3.58. The topological polar surface area (TPSA) is 58.1 Å². The van der Waals surface area contributed by atoms with E-state index in [-0.39, 0.29) is 11.8 Å². The number of hydrogen-bond donors (Lipinski definition) is 1. The molecule has 4 rings (SSSR count). The Bertz CT molecular complexity index is 940. The Morgan fingerprint density at radius 2 is 1.88 bits per heavy atom. The first-order valence-corrected chi connectivity index (χ1v) is 9.04. The Hall–Kier alpha value is -2.95. The largest absolute Gasteiger partial charge is 0.355 e. The van der Waals surface area contributed by atoms with Crippen LogP contribution in [0.5, 0.6) is 0 Å². The fourth-order valence-electron chi connectivity index (χ4n) is 3.45. The predicted molar refractivity (Wildman–Crippen MR) is 104 cm³/mol. The number of aryl methyl sites for hydroxylation is 1. The number of anilines is 2. The molecule has 1 saturated heterocycles. The number of amides is 1. The molecule has 1 atom stereocenters. The van der Waals surface area contributed by atoms with Crippen molar-refractivity contribution in [3.8, 4) is 0 Å². The molecule has 0 radical (unpaired) electrons. The Morgan fingerprint density at radius 3 is 2.73 bits per heavy atom. The summed E-state index contributed by atoms with van der Waals surface area (Å²) in [6.07, 6.45) is 3.68. The minimum Gasteiger partial charge on any atom is -0.355 e. The molecular weight excluding hydrogens is 324 g/mol. The van der Waals surface area contributed by atoms with E-state index in [0.717, 1.165) is 47.5 Å². The smallest absolute Gasteiger partial charge is 0.229 e. The molecule has 1 aliphatic heterocycles. The van der Waals surface area contributed by atoms with Crippen LogP contribution in [-0.2, 0) is 4.79 Å². The van der Waals surface area contributed by atoms with Crippen molar-refractivity contribution in [3.63, 3.8) is 0 Å². The molecule has 0 bridgehead atoms. The summed E-state index contributed by atoms with van der Waals surface area (Å²) < 4.78 is 0. The number of para-hydroxylation sites is 3. The third kappa shape index (κ3) is 3.38. The van der Waals surface area contributed by atoms with E-state index in [2.05, 4.69) is 15.2 Å². The molecule has 2 heterocycles. The van der Waals surface area contributed by atoms with E-state index in [4.69, 9.17) is 4.98 Å². The lowest BCUT2D eigenvalue weighted by molar-refractivity contribution is -0.120. The van der Waals surface area contributed by atoms with E-state index in [0.29, 0.717) is 6.54 Å². The van der Waals surface area contributed by atoms with Crippen LogP contribution in [0.25, 0.3) is 11.0 Å². The maximum absolute atomic E-state index is 12.7. The van der Waals surface area contributed by atoms with Crippen LogP contribution in [-0.4, -0.2) is 29.0 Å². The van der Waals surface area contributed by atoms with E-state index in [1.54, 1.807) is 0 Å². The van der Waals surface area contributed by atoms with Gasteiger partial charge in [0.1, 0.15) is 5.82 Å². The molecule has 5 nitrogen and oxygen atoms in total. The molecule has 2 aromatic carbocycles. The number of piperidine rings is 1. The van der Waals surface area contributed by atoms with Crippen LogP contribution in [0, 0.1) is 12.8 Å². The van der Waals surface area contributed by atoms with Crippen molar-refractivity contribution in [2.75, 3.05) is 23.3 Å². The van der Waals surface area contributed by atoms with Crippen LogP contribution in [0.1, 0.15) is 18.4 Å². The molecule has 0 unspecified atom stereocenters. The van der Waals surface area contributed by atoms with E-state index >= 15 is 0 Å². The van der Waals surface area contributed by atoms with Gasteiger partial charge in [0.05, 0.1) is 23.1 Å². The van der Waals surface area contributed by atoms with E-state index in [1.165, 1.54) is 0 Å². The molecule has 1 N–H and O–H groups in total. The summed E-state index contributed by atoms with van der Waals surface area (Å²) in [4.78, 5) is 24.1. The molecule has 0 saturated carbocycles. The van der Waals surface area contributed by atoms with Gasteiger partial charge < -0.3 is 10.2 Å². The Balaban J connectivity index is 1.49. The Morgan fingerprint density at radius 1 is 1.12 bits per heavy atom. The zero-order valence-electron chi connectivity index (χ0n) is 14.9. The maximum Gasteiger partial charge on any atom is 0.229 e. The third-order valence-corrected chi connectivity index (χ3v) is 4.95. The number of benzene rings is 2. The SMILES string of the molecule is Cc1ccccc1NC(=O)[C@H]1CCCN(c2cnc3ccccc3n2)C1. The summed E-state index contributed by atoms with van der Waals surface area (Å²) >= 11 is 0. The lowest BCUT2D eigenvalue weighted by Crippen LogP contribution is -2.41. The first-order valence-electron chi connectivity index (χ1n) is 9.04. The number of rotatable bonds is 3. The number of nitrogens with one attached hydrogen (secondary N) is 1. The van der Waals surface area contributed by atoms with Crippen LogP contribution >= 0.6 is 0 Å². The highest BCUT2D eigenvalue weighted by atomic mass is 16.1. The molecule has 1 amide bonds. The summed E-state index contributed by atoms with van der Waals surface area (Å²) in [7, 11) is 0. The molecule has 132 valence electrons. The summed E-state index contributed by atoms with van der Waals surface area (Å²) in [5.41, 5.74) is 3.74. The molecule has 1 aliphatic rings. The van der Waals surface area contributed by atoms with Gasteiger partial charge in [0.25, 0.3) is 0 Å². The lowest BCUT2D eigenvalue weighted by Gasteiger charge is -2.32. The zero-order valence-corrected chi connectivity index (χ0v) is 14.9. The highest BCUT2D eigenvalue weighted by molar-refractivity contribution is 5.93. The van der Waals surface area contributed by atoms with Crippen molar-refractivity contribution in [1.82, 2.24) is 9.97 Å². The fourth-order valence-corrected chi connectivity index (χ4v) is 3.45. The molecular formula is C21H22N4O. The van der Waals surface area contributed by atoms with Gasteiger partial charge in [-0.25, -0.2) is 4.98 Å². The van der Waals surface area contributed by atoms with Crippen molar-refractivity contribution in [2.24, 2.45) is 5.92 Å². The van der Waals surface area contributed by atoms with Gasteiger partial charge in [0.2, 0.25) is 5.91 Å². The molecule has 0 spiro atoms. The third-order valence-electron chi connectivity index (χ3n) is 4.95. The highest BCUT2D eigenvalue weighted by Gasteiger charge is 2.27. The minimum absolute atomic E-state index is 0.0448. The zero-order chi connectivity index (χ0) is 17.9. The van der Waals surface area contributed by atoms with Crippen LogP contribution < -0.4 is 10.2 Å². The second-order valence-corrected chi connectivity index (χ2v) is 6.81. The molecule has 1 fully saturated rings. The summed E-state index contributed by atoms with van der Waals surface area (Å²) in [6, 6.07) is 15.7. The number of carbonyl (C=O) groups excluding carboxylic acids is 1. The van der Waals surface area contributed by atoms with Crippen molar-refractivity contribution in [3.05, 3.63) is 60.3 Å². The van der Waals surface area contributed by atoms with Crippen LogP contribution in [0.3, 0.4) is 0 Å². The Labute approximate surface area is 153 Å². The standard InChI is InChI=1S/C21H22N4O/c1-15-7-2-3-9-17(15)24-21(26)16-8-6-12-25(14-16)20-13-22-18-10-4-5-11-19(18)23-20/h2-5,7,9-11,13,16H,6,8,12,14H2,1H3,(H,24,26)/t16-/m0/s1. The number of hydrogen-bond acceptors (Lipinski definition) is 4.